The molecule has 4 heterocycles. The molecule has 12 rings (SSSR count). The van der Waals surface area contributed by atoms with Crippen LogP contribution in [-0.4, -0.2) is 24.5 Å². The van der Waals surface area contributed by atoms with Crippen LogP contribution in [0.15, 0.2) is 185 Å². The predicted octanol–water partition coefficient (Wildman–Crippen LogP) is 12.8. The molecule has 0 aliphatic carbocycles. The molecule has 7 heteroatoms. The molecule has 0 aliphatic rings. The van der Waals surface area contributed by atoms with Crippen LogP contribution < -0.4 is 0 Å². The number of fused-ring (bicyclic) bond motifs is 10. The first-order chi connectivity index (χ1) is 28.2. The summed E-state index contributed by atoms with van der Waals surface area (Å²) in [5.41, 5.74) is 9.53. The Morgan fingerprint density at radius 2 is 1.05 bits per heavy atom. The molecule has 0 saturated heterocycles. The highest BCUT2D eigenvalue weighted by molar-refractivity contribution is 6.27. The zero-order valence-electron chi connectivity index (χ0n) is 30.3. The second-order valence-electron chi connectivity index (χ2n) is 14.2. The normalized spacial score (nSPS) is 11.9. The fourth-order valence-corrected chi connectivity index (χ4v) is 8.27. The minimum atomic E-state index is 0.510. The van der Waals surface area contributed by atoms with E-state index in [4.69, 9.17) is 28.8 Å². The number of oxazole rings is 1. The molecule has 0 atom stereocenters. The molecular formula is C50H29N5O2. The minimum absolute atomic E-state index is 0.510. The molecule has 266 valence electrons. The highest BCUT2D eigenvalue weighted by atomic mass is 16.4. The fourth-order valence-electron chi connectivity index (χ4n) is 8.27. The first-order valence-corrected chi connectivity index (χ1v) is 18.9. The van der Waals surface area contributed by atoms with E-state index in [0.29, 0.717) is 40.1 Å². The number of hydrogen-bond donors (Lipinski definition) is 0. The van der Waals surface area contributed by atoms with Crippen LogP contribution in [0.25, 0.3) is 117 Å². The third kappa shape index (κ3) is 4.92. The summed E-state index contributed by atoms with van der Waals surface area (Å²) < 4.78 is 15.7. The highest BCUT2D eigenvalue weighted by Crippen LogP contribution is 2.44. The van der Waals surface area contributed by atoms with Crippen molar-refractivity contribution in [3.05, 3.63) is 176 Å². The van der Waals surface area contributed by atoms with E-state index < -0.39 is 0 Å². The smallest absolute Gasteiger partial charge is 0.227 e. The molecule has 0 spiro atoms. The quantitative estimate of drug-likeness (QED) is 0.175. The Morgan fingerprint density at radius 3 is 1.86 bits per heavy atom. The van der Waals surface area contributed by atoms with Crippen molar-refractivity contribution in [2.75, 3.05) is 0 Å². The molecule has 7 nitrogen and oxygen atoms in total. The molecule has 0 unspecified atom stereocenters. The van der Waals surface area contributed by atoms with E-state index in [0.717, 1.165) is 71.4 Å². The van der Waals surface area contributed by atoms with Gasteiger partial charge in [0.05, 0.1) is 22.0 Å². The van der Waals surface area contributed by atoms with Gasteiger partial charge in [0.15, 0.2) is 23.1 Å². The van der Waals surface area contributed by atoms with Gasteiger partial charge in [0, 0.05) is 38.5 Å². The lowest BCUT2D eigenvalue weighted by molar-refractivity contribution is 0.622. The number of furan rings is 1. The second-order valence-corrected chi connectivity index (χ2v) is 14.2. The van der Waals surface area contributed by atoms with Crippen LogP contribution in [0.1, 0.15) is 0 Å². The van der Waals surface area contributed by atoms with E-state index in [2.05, 4.69) is 95.6 Å². The van der Waals surface area contributed by atoms with Crippen molar-refractivity contribution in [3.63, 3.8) is 0 Å². The van der Waals surface area contributed by atoms with Gasteiger partial charge < -0.3 is 13.4 Å². The van der Waals surface area contributed by atoms with Crippen LogP contribution in [0.4, 0.5) is 0 Å². The minimum Gasteiger partial charge on any atom is -0.455 e. The summed E-state index contributed by atoms with van der Waals surface area (Å²) in [5.74, 6) is 2.21. The molecule has 4 aromatic heterocycles. The number of nitrogens with zero attached hydrogens (tertiary/aromatic N) is 5. The van der Waals surface area contributed by atoms with Crippen LogP contribution in [0.3, 0.4) is 0 Å². The Bertz CT molecular complexity index is 3510. The maximum atomic E-state index is 6.82. The summed E-state index contributed by atoms with van der Waals surface area (Å²) in [6, 6.07) is 59.9. The Labute approximate surface area is 325 Å². The Morgan fingerprint density at radius 1 is 0.404 bits per heavy atom. The van der Waals surface area contributed by atoms with E-state index >= 15 is 0 Å². The van der Waals surface area contributed by atoms with Crippen LogP contribution >= 0.6 is 0 Å². The standard InChI is InChI=1S/C50H29N5O2/c1-4-14-30(15-5-1)47-52-48(33-24-25-37-36-22-12-13-23-40(36)55(41(37)29-33)34-19-8-3-9-20-34)54-49(53-47)38-28-32-18-10-11-21-35(32)43-44-42(56-45(38)43)27-26-39-46(44)57-50(51-39)31-16-6-2-7-17-31/h1-29H. The lowest BCUT2D eigenvalue weighted by Gasteiger charge is -2.11. The number of para-hydroxylation sites is 2. The Balaban J connectivity index is 1.13. The van der Waals surface area contributed by atoms with Gasteiger partial charge in [0.25, 0.3) is 0 Å². The molecule has 0 bridgehead atoms. The molecular weight excluding hydrogens is 703 g/mol. The Hall–Kier alpha value is -7.90. The predicted molar refractivity (Wildman–Crippen MR) is 228 cm³/mol. The van der Waals surface area contributed by atoms with Crippen molar-refractivity contribution in [3.8, 4) is 51.3 Å². The van der Waals surface area contributed by atoms with Crippen LogP contribution in [0, 0.1) is 0 Å². The van der Waals surface area contributed by atoms with Crippen molar-refractivity contribution in [1.82, 2.24) is 24.5 Å². The average molecular weight is 732 g/mol. The zero-order valence-corrected chi connectivity index (χ0v) is 30.3. The van der Waals surface area contributed by atoms with Crippen LogP contribution in [0.5, 0.6) is 0 Å². The molecule has 0 N–H and O–H groups in total. The monoisotopic (exact) mass is 731 g/mol. The zero-order chi connectivity index (χ0) is 37.5. The van der Waals surface area contributed by atoms with Gasteiger partial charge in [0.2, 0.25) is 5.89 Å². The molecule has 0 fully saturated rings. The van der Waals surface area contributed by atoms with E-state index in [1.807, 2.05) is 84.9 Å². The van der Waals surface area contributed by atoms with Crippen molar-refractivity contribution in [2.24, 2.45) is 0 Å². The molecule has 8 aromatic carbocycles. The summed E-state index contributed by atoms with van der Waals surface area (Å²) >= 11 is 0. The van der Waals surface area contributed by atoms with Gasteiger partial charge in [-0.25, -0.2) is 19.9 Å². The summed E-state index contributed by atoms with van der Waals surface area (Å²) in [6.45, 7) is 0. The maximum absolute atomic E-state index is 6.82. The van der Waals surface area contributed by atoms with Crippen molar-refractivity contribution >= 4 is 65.6 Å². The highest BCUT2D eigenvalue weighted by Gasteiger charge is 2.24. The molecule has 0 radical (unpaired) electrons. The van der Waals surface area contributed by atoms with Gasteiger partial charge in [0.1, 0.15) is 16.7 Å². The third-order valence-electron chi connectivity index (χ3n) is 10.9. The van der Waals surface area contributed by atoms with E-state index in [-0.39, 0.29) is 0 Å². The molecule has 57 heavy (non-hydrogen) atoms. The lowest BCUT2D eigenvalue weighted by Crippen LogP contribution is -2.01. The molecule has 0 amide bonds. The lowest BCUT2D eigenvalue weighted by atomic mass is 9.99. The van der Waals surface area contributed by atoms with Gasteiger partial charge in [-0.1, -0.05) is 121 Å². The molecule has 12 aromatic rings. The number of aromatic nitrogens is 5. The first-order valence-electron chi connectivity index (χ1n) is 18.9. The Kier molecular flexibility index (Phi) is 6.79. The number of benzene rings is 8. The van der Waals surface area contributed by atoms with E-state index in [1.54, 1.807) is 0 Å². The van der Waals surface area contributed by atoms with Crippen LogP contribution in [-0.2, 0) is 0 Å². The van der Waals surface area contributed by atoms with E-state index in [1.165, 1.54) is 5.39 Å². The summed E-state index contributed by atoms with van der Waals surface area (Å²) in [4.78, 5) is 20.5. The molecule has 0 aliphatic heterocycles. The van der Waals surface area contributed by atoms with Crippen LogP contribution in [0.2, 0.25) is 0 Å². The van der Waals surface area contributed by atoms with Crippen molar-refractivity contribution in [1.29, 1.82) is 0 Å². The average Bonchev–Trinajstić information content (AvgIpc) is 3.99. The topological polar surface area (TPSA) is 82.8 Å². The second kappa shape index (κ2) is 12.3. The van der Waals surface area contributed by atoms with Gasteiger partial charge in [-0.2, -0.15) is 0 Å². The van der Waals surface area contributed by atoms with Crippen molar-refractivity contribution < 1.29 is 8.83 Å². The fraction of sp³-hybridized carbons (Fsp3) is 0. The third-order valence-corrected chi connectivity index (χ3v) is 10.9. The maximum Gasteiger partial charge on any atom is 0.227 e. The largest absolute Gasteiger partial charge is 0.455 e. The summed E-state index contributed by atoms with van der Waals surface area (Å²) in [6.07, 6.45) is 0. The van der Waals surface area contributed by atoms with Gasteiger partial charge in [-0.05, 0) is 65.4 Å². The summed E-state index contributed by atoms with van der Waals surface area (Å²) in [5, 5.41) is 6.20. The number of hydrogen-bond acceptors (Lipinski definition) is 6. The summed E-state index contributed by atoms with van der Waals surface area (Å²) in [7, 11) is 0. The SMILES string of the molecule is c1ccc(-c2nc(-c3ccc4c5ccccc5n(-c5ccccc5)c4c3)nc(-c3cc4ccccc4c4c3oc3ccc5nc(-c6ccccc6)oc5c34)n2)cc1. The van der Waals surface area contributed by atoms with E-state index in [9.17, 15) is 0 Å². The van der Waals surface area contributed by atoms with Gasteiger partial charge in [-0.15, -0.1) is 0 Å². The van der Waals surface area contributed by atoms with Gasteiger partial charge >= 0.3 is 0 Å². The van der Waals surface area contributed by atoms with Crippen molar-refractivity contribution in [2.45, 2.75) is 0 Å². The first kappa shape index (κ1) is 31.5. The molecule has 0 saturated carbocycles. The number of rotatable bonds is 5. The van der Waals surface area contributed by atoms with Gasteiger partial charge in [-0.3, -0.25) is 0 Å².